The van der Waals surface area contributed by atoms with Crippen LogP contribution in [-0.4, -0.2) is 34.6 Å². The summed E-state index contributed by atoms with van der Waals surface area (Å²) in [5.74, 6) is -1.45. The first-order valence-electron chi connectivity index (χ1n) is 11.2. The molecule has 3 nitrogen and oxygen atoms in total. The van der Waals surface area contributed by atoms with Gasteiger partial charge in [0, 0.05) is 12.8 Å². The van der Waals surface area contributed by atoms with Crippen molar-refractivity contribution in [3.8, 4) is 0 Å². The van der Waals surface area contributed by atoms with E-state index < -0.39 is 58.1 Å². The third-order valence-electron chi connectivity index (χ3n) is 7.40. The minimum absolute atomic E-state index is 0.243. The molecular weight excluding hydrogens is 438 g/mol. The van der Waals surface area contributed by atoms with Crippen LogP contribution >= 0.6 is 0 Å². The van der Waals surface area contributed by atoms with Gasteiger partial charge >= 0.3 is 18.3 Å². The number of esters is 1. The lowest BCUT2D eigenvalue weighted by atomic mass is 9.55. The van der Waals surface area contributed by atoms with Gasteiger partial charge in [-0.25, -0.2) is 0 Å². The number of aliphatic hydroxyl groups is 1. The molecule has 0 aromatic rings. The number of halogens is 6. The van der Waals surface area contributed by atoms with Crippen LogP contribution in [0.2, 0.25) is 0 Å². The second-order valence-electron chi connectivity index (χ2n) is 12.1. The SMILES string of the molecule is CC(C)(C)CC1(C(C)(C)C)CC(CC(O)(C(F)(F)F)C(F)(F)F)(C2CCCCC2)OC1=O. The van der Waals surface area contributed by atoms with E-state index in [9.17, 15) is 36.2 Å². The van der Waals surface area contributed by atoms with Crippen LogP contribution in [0.4, 0.5) is 26.3 Å². The summed E-state index contributed by atoms with van der Waals surface area (Å²) < 4.78 is 87.7. The molecule has 1 heterocycles. The Kier molecular flexibility index (Phi) is 6.86. The minimum Gasteiger partial charge on any atom is -0.458 e. The maximum atomic E-state index is 13.7. The fraction of sp³-hybridized carbons (Fsp3) is 0.957. The van der Waals surface area contributed by atoms with Crippen LogP contribution in [0.5, 0.6) is 0 Å². The number of carbonyl (C=O) groups excluding carboxylic acids is 1. The lowest BCUT2D eigenvalue weighted by Crippen LogP contribution is -2.62. The third-order valence-corrected chi connectivity index (χ3v) is 7.40. The number of hydrogen-bond acceptors (Lipinski definition) is 3. The van der Waals surface area contributed by atoms with E-state index in [1.807, 2.05) is 20.8 Å². The van der Waals surface area contributed by atoms with Gasteiger partial charge in [-0.1, -0.05) is 60.8 Å². The van der Waals surface area contributed by atoms with Crippen molar-refractivity contribution in [3.63, 3.8) is 0 Å². The highest BCUT2D eigenvalue weighted by Gasteiger charge is 2.75. The predicted molar refractivity (Wildman–Crippen MR) is 108 cm³/mol. The topological polar surface area (TPSA) is 46.5 Å². The van der Waals surface area contributed by atoms with Crippen LogP contribution in [-0.2, 0) is 9.53 Å². The number of alkyl halides is 6. The van der Waals surface area contributed by atoms with E-state index in [2.05, 4.69) is 0 Å². The molecule has 1 aliphatic carbocycles. The van der Waals surface area contributed by atoms with Crippen LogP contribution < -0.4 is 0 Å². The molecule has 0 aromatic heterocycles. The smallest absolute Gasteiger partial charge is 0.426 e. The monoisotopic (exact) mass is 474 g/mol. The van der Waals surface area contributed by atoms with Gasteiger partial charge in [0.25, 0.3) is 5.60 Å². The third kappa shape index (κ3) is 4.78. The molecule has 32 heavy (non-hydrogen) atoms. The Bertz CT molecular complexity index is 680. The highest BCUT2D eigenvalue weighted by atomic mass is 19.4. The van der Waals surface area contributed by atoms with Crippen molar-refractivity contribution >= 4 is 5.97 Å². The summed E-state index contributed by atoms with van der Waals surface area (Å²) in [7, 11) is 0. The van der Waals surface area contributed by atoms with Crippen molar-refractivity contribution < 1.29 is 41.0 Å². The Morgan fingerprint density at radius 3 is 1.72 bits per heavy atom. The quantitative estimate of drug-likeness (QED) is 0.354. The van der Waals surface area contributed by atoms with Gasteiger partial charge < -0.3 is 9.84 Å². The molecule has 2 fully saturated rings. The molecule has 0 aromatic carbocycles. The van der Waals surface area contributed by atoms with Gasteiger partial charge in [-0.15, -0.1) is 0 Å². The lowest BCUT2D eigenvalue weighted by molar-refractivity contribution is -0.379. The van der Waals surface area contributed by atoms with E-state index >= 15 is 0 Å². The predicted octanol–water partition coefficient (Wildman–Crippen LogP) is 6.97. The molecule has 0 amide bonds. The molecule has 188 valence electrons. The summed E-state index contributed by atoms with van der Waals surface area (Å²) in [6.07, 6.45) is -10.9. The Morgan fingerprint density at radius 1 is 0.875 bits per heavy atom. The molecule has 2 rings (SSSR count). The molecule has 1 aliphatic heterocycles. The van der Waals surface area contributed by atoms with Gasteiger partial charge in [0.2, 0.25) is 0 Å². The van der Waals surface area contributed by atoms with E-state index in [0.29, 0.717) is 25.7 Å². The Morgan fingerprint density at radius 2 is 1.34 bits per heavy atom. The van der Waals surface area contributed by atoms with Crippen molar-refractivity contribution in [3.05, 3.63) is 0 Å². The Balaban J connectivity index is 2.68. The van der Waals surface area contributed by atoms with Crippen molar-refractivity contribution in [1.29, 1.82) is 0 Å². The Hall–Kier alpha value is -0.990. The largest absolute Gasteiger partial charge is 0.458 e. The molecular formula is C23H36F6O3. The van der Waals surface area contributed by atoms with Crippen LogP contribution in [0.25, 0.3) is 0 Å². The zero-order valence-corrected chi connectivity index (χ0v) is 19.8. The summed E-state index contributed by atoms with van der Waals surface area (Å²) in [6, 6.07) is 0. The van der Waals surface area contributed by atoms with Crippen LogP contribution in [0.1, 0.15) is 92.9 Å². The summed E-state index contributed by atoms with van der Waals surface area (Å²) in [4.78, 5) is 13.4. The van der Waals surface area contributed by atoms with Crippen LogP contribution in [0.15, 0.2) is 0 Å². The van der Waals surface area contributed by atoms with Crippen molar-refractivity contribution in [2.45, 2.75) is 116 Å². The molecule has 1 saturated carbocycles. The van der Waals surface area contributed by atoms with Gasteiger partial charge in [0.1, 0.15) is 5.60 Å². The molecule has 0 spiro atoms. The first-order valence-corrected chi connectivity index (χ1v) is 11.2. The summed E-state index contributed by atoms with van der Waals surface area (Å²) >= 11 is 0. The number of carbonyl (C=O) groups is 1. The summed E-state index contributed by atoms with van der Waals surface area (Å²) in [5, 5.41) is 10.1. The molecule has 2 atom stereocenters. The van der Waals surface area contributed by atoms with Gasteiger partial charge in [-0.05, 0) is 36.0 Å². The first kappa shape index (κ1) is 27.3. The number of rotatable bonds is 4. The van der Waals surface area contributed by atoms with E-state index in [0.717, 1.165) is 6.42 Å². The fourth-order valence-electron chi connectivity index (χ4n) is 5.67. The minimum atomic E-state index is -5.96. The average Bonchev–Trinajstić information content (AvgIpc) is 2.85. The Labute approximate surface area is 186 Å². The second-order valence-corrected chi connectivity index (χ2v) is 12.1. The van der Waals surface area contributed by atoms with Crippen LogP contribution in [0, 0.1) is 22.2 Å². The van der Waals surface area contributed by atoms with Gasteiger partial charge in [-0.2, -0.15) is 26.3 Å². The number of ether oxygens (including phenoxy) is 1. The summed E-state index contributed by atoms with van der Waals surface area (Å²) in [5.41, 5.74) is -9.49. The normalized spacial score (nSPS) is 29.3. The molecule has 0 radical (unpaired) electrons. The number of hydrogen-bond donors (Lipinski definition) is 1. The zero-order valence-electron chi connectivity index (χ0n) is 19.8. The second kappa shape index (κ2) is 8.05. The number of cyclic esters (lactones) is 1. The van der Waals surface area contributed by atoms with E-state index in [4.69, 9.17) is 4.74 Å². The van der Waals surface area contributed by atoms with E-state index in [-0.39, 0.29) is 12.8 Å². The highest BCUT2D eigenvalue weighted by Crippen LogP contribution is 2.63. The maximum absolute atomic E-state index is 13.7. The summed E-state index contributed by atoms with van der Waals surface area (Å²) in [6.45, 7) is 10.9. The molecule has 2 unspecified atom stereocenters. The lowest BCUT2D eigenvalue weighted by Gasteiger charge is -2.46. The standard InChI is InChI=1S/C23H36F6O3/c1-17(2,3)12-19(18(4,5)6)13-20(32-16(19)30,15-10-8-7-9-11-15)14-21(31,22(24,25)26)23(27,28)29/h15,31H,7-14H2,1-6H3. The average molecular weight is 475 g/mol. The highest BCUT2D eigenvalue weighted by molar-refractivity contribution is 5.81. The van der Waals surface area contributed by atoms with E-state index in [1.54, 1.807) is 20.8 Å². The maximum Gasteiger partial charge on any atom is 0.426 e. The molecule has 0 bridgehead atoms. The van der Waals surface area contributed by atoms with Crippen LogP contribution in [0.3, 0.4) is 0 Å². The van der Waals surface area contributed by atoms with Crippen molar-refractivity contribution in [2.24, 2.45) is 22.2 Å². The van der Waals surface area contributed by atoms with Gasteiger partial charge in [-0.3, -0.25) is 4.79 Å². The van der Waals surface area contributed by atoms with Crippen molar-refractivity contribution in [2.75, 3.05) is 0 Å². The van der Waals surface area contributed by atoms with E-state index in [1.165, 1.54) is 0 Å². The van der Waals surface area contributed by atoms with Gasteiger partial charge in [0.15, 0.2) is 0 Å². The van der Waals surface area contributed by atoms with Crippen molar-refractivity contribution in [1.82, 2.24) is 0 Å². The molecule has 2 aliphatic rings. The zero-order chi connectivity index (χ0) is 25.0. The molecule has 1 N–H and O–H groups in total. The first-order chi connectivity index (χ1) is 14.1. The fourth-order valence-corrected chi connectivity index (χ4v) is 5.67. The molecule has 9 heteroatoms. The molecule has 1 saturated heterocycles. The van der Waals surface area contributed by atoms with Gasteiger partial charge in [0.05, 0.1) is 5.41 Å².